The summed E-state index contributed by atoms with van der Waals surface area (Å²) in [5.41, 5.74) is 1.28. The molecule has 1 aromatic heterocycles. The average Bonchev–Trinajstić information content (AvgIpc) is 2.50. The van der Waals surface area contributed by atoms with E-state index in [2.05, 4.69) is 17.2 Å². The summed E-state index contributed by atoms with van der Waals surface area (Å²) in [6, 6.07) is 10.8. The molecule has 0 radical (unpaired) electrons. The van der Waals surface area contributed by atoms with Crippen LogP contribution in [0.25, 0.3) is 0 Å². The van der Waals surface area contributed by atoms with Crippen LogP contribution in [0.5, 0.6) is 5.75 Å². The van der Waals surface area contributed by atoms with Gasteiger partial charge in [0.25, 0.3) is 5.91 Å². The lowest BCUT2D eigenvalue weighted by molar-refractivity contribution is 0.102. The minimum Gasteiger partial charge on any atom is -0.494 e. The molecule has 0 aliphatic carbocycles. The Morgan fingerprint density at radius 1 is 1.25 bits per heavy atom. The van der Waals surface area contributed by atoms with Crippen LogP contribution in [0.4, 0.5) is 5.69 Å². The number of benzene rings is 1. The van der Waals surface area contributed by atoms with Crippen molar-refractivity contribution < 1.29 is 9.53 Å². The number of unbranched alkanes of at least 4 members (excludes halogenated alkanes) is 1. The summed E-state index contributed by atoms with van der Waals surface area (Å²) < 4.78 is 5.57. The number of amides is 1. The molecule has 1 aromatic carbocycles. The molecule has 1 N–H and O–H groups in total. The van der Waals surface area contributed by atoms with E-state index in [1.165, 1.54) is 6.20 Å². The van der Waals surface area contributed by atoms with Crippen molar-refractivity contribution in [2.24, 2.45) is 0 Å². The van der Waals surface area contributed by atoms with Gasteiger partial charge in [-0.2, -0.15) is 0 Å². The molecular formula is C16H18N2O2. The highest BCUT2D eigenvalue weighted by Crippen LogP contribution is 2.16. The van der Waals surface area contributed by atoms with Crippen molar-refractivity contribution in [3.8, 4) is 5.75 Å². The largest absolute Gasteiger partial charge is 0.494 e. The number of anilines is 1. The van der Waals surface area contributed by atoms with Gasteiger partial charge >= 0.3 is 0 Å². The molecule has 0 unspecified atom stereocenters. The number of hydrogen-bond acceptors (Lipinski definition) is 3. The van der Waals surface area contributed by atoms with E-state index in [1.807, 2.05) is 24.3 Å². The zero-order chi connectivity index (χ0) is 14.2. The Morgan fingerprint density at radius 2 is 2.05 bits per heavy atom. The molecule has 0 atom stereocenters. The fourth-order valence-corrected chi connectivity index (χ4v) is 1.67. The topological polar surface area (TPSA) is 51.2 Å². The number of aromatic nitrogens is 1. The molecule has 104 valence electrons. The second-order valence-corrected chi connectivity index (χ2v) is 4.42. The predicted octanol–water partition coefficient (Wildman–Crippen LogP) is 3.51. The van der Waals surface area contributed by atoms with Crippen LogP contribution in [0.3, 0.4) is 0 Å². The van der Waals surface area contributed by atoms with E-state index in [1.54, 1.807) is 18.3 Å². The Hall–Kier alpha value is -2.36. The van der Waals surface area contributed by atoms with E-state index in [9.17, 15) is 4.79 Å². The van der Waals surface area contributed by atoms with E-state index in [-0.39, 0.29) is 5.91 Å². The number of carbonyl (C=O) groups is 1. The molecule has 2 aromatic rings. The first kappa shape index (κ1) is 14.1. The van der Waals surface area contributed by atoms with E-state index in [4.69, 9.17) is 4.74 Å². The van der Waals surface area contributed by atoms with Crippen molar-refractivity contribution in [2.45, 2.75) is 19.8 Å². The van der Waals surface area contributed by atoms with Crippen molar-refractivity contribution in [2.75, 3.05) is 11.9 Å². The van der Waals surface area contributed by atoms with Gasteiger partial charge in [-0.25, -0.2) is 0 Å². The fraction of sp³-hybridized carbons (Fsp3) is 0.250. The summed E-state index contributed by atoms with van der Waals surface area (Å²) in [5.74, 6) is 0.649. The van der Waals surface area contributed by atoms with Crippen LogP contribution >= 0.6 is 0 Å². The summed E-state index contributed by atoms with van der Waals surface area (Å²) >= 11 is 0. The second kappa shape index (κ2) is 7.28. The summed E-state index contributed by atoms with van der Waals surface area (Å²) in [5, 5.41) is 2.82. The highest BCUT2D eigenvalue weighted by atomic mass is 16.5. The van der Waals surface area contributed by atoms with Crippen molar-refractivity contribution in [1.29, 1.82) is 0 Å². The van der Waals surface area contributed by atoms with Crippen LogP contribution in [0.2, 0.25) is 0 Å². The van der Waals surface area contributed by atoms with E-state index in [0.29, 0.717) is 5.56 Å². The Bertz CT molecular complexity index is 538. The van der Waals surface area contributed by atoms with Gasteiger partial charge in [-0.15, -0.1) is 0 Å². The van der Waals surface area contributed by atoms with Crippen LogP contribution in [-0.4, -0.2) is 17.5 Å². The number of pyridine rings is 1. The molecule has 0 aliphatic rings. The zero-order valence-corrected chi connectivity index (χ0v) is 11.5. The van der Waals surface area contributed by atoms with Crippen LogP contribution in [0, 0.1) is 0 Å². The number of nitrogens with zero attached hydrogens (tertiary/aromatic N) is 1. The number of hydrogen-bond donors (Lipinski definition) is 1. The predicted molar refractivity (Wildman–Crippen MR) is 79.0 cm³/mol. The van der Waals surface area contributed by atoms with Gasteiger partial charge in [0.2, 0.25) is 0 Å². The molecule has 20 heavy (non-hydrogen) atoms. The van der Waals surface area contributed by atoms with Gasteiger partial charge in [0.15, 0.2) is 0 Å². The monoisotopic (exact) mass is 270 g/mol. The molecule has 0 spiro atoms. The SMILES string of the molecule is CCCCOc1ccc(NC(=O)c2cccnc2)cc1. The molecule has 4 nitrogen and oxygen atoms in total. The molecular weight excluding hydrogens is 252 g/mol. The van der Waals surface area contributed by atoms with Crippen LogP contribution in [-0.2, 0) is 0 Å². The lowest BCUT2D eigenvalue weighted by atomic mass is 10.2. The zero-order valence-electron chi connectivity index (χ0n) is 11.5. The van der Waals surface area contributed by atoms with Gasteiger partial charge in [-0.3, -0.25) is 9.78 Å². The lowest BCUT2D eigenvalue weighted by Gasteiger charge is -2.08. The molecule has 0 saturated carbocycles. The summed E-state index contributed by atoms with van der Waals surface area (Å²) in [4.78, 5) is 15.8. The van der Waals surface area contributed by atoms with Gasteiger partial charge in [-0.1, -0.05) is 13.3 Å². The summed E-state index contributed by atoms with van der Waals surface area (Å²) in [6.45, 7) is 2.85. The third-order valence-corrected chi connectivity index (χ3v) is 2.80. The minimum absolute atomic E-state index is 0.169. The highest BCUT2D eigenvalue weighted by molar-refractivity contribution is 6.04. The molecule has 2 rings (SSSR count). The quantitative estimate of drug-likeness (QED) is 0.817. The van der Waals surface area contributed by atoms with Gasteiger partial charge in [-0.05, 0) is 42.8 Å². The van der Waals surface area contributed by atoms with E-state index < -0.39 is 0 Å². The average molecular weight is 270 g/mol. The first-order chi connectivity index (χ1) is 9.79. The smallest absolute Gasteiger partial charge is 0.257 e. The maximum Gasteiger partial charge on any atom is 0.257 e. The van der Waals surface area contributed by atoms with Crippen molar-refractivity contribution in [3.63, 3.8) is 0 Å². The normalized spacial score (nSPS) is 10.1. The van der Waals surface area contributed by atoms with Gasteiger partial charge in [0, 0.05) is 18.1 Å². The molecule has 0 bridgehead atoms. The third-order valence-electron chi connectivity index (χ3n) is 2.80. The van der Waals surface area contributed by atoms with Gasteiger partial charge in [0.05, 0.1) is 12.2 Å². The Labute approximate surface area is 118 Å². The van der Waals surface area contributed by atoms with Crippen molar-refractivity contribution in [3.05, 3.63) is 54.4 Å². The lowest BCUT2D eigenvalue weighted by Crippen LogP contribution is -2.11. The molecule has 0 saturated heterocycles. The summed E-state index contributed by atoms with van der Waals surface area (Å²) in [6.07, 6.45) is 5.33. The first-order valence-electron chi connectivity index (χ1n) is 6.74. The number of carbonyl (C=O) groups excluding carboxylic acids is 1. The molecule has 1 heterocycles. The summed E-state index contributed by atoms with van der Waals surface area (Å²) in [7, 11) is 0. The van der Waals surface area contributed by atoms with Crippen molar-refractivity contribution >= 4 is 11.6 Å². The highest BCUT2D eigenvalue weighted by Gasteiger charge is 2.05. The number of rotatable bonds is 6. The Balaban J connectivity index is 1.92. The standard InChI is InChI=1S/C16H18N2O2/c1-2-3-11-20-15-8-6-14(7-9-15)18-16(19)13-5-4-10-17-12-13/h4-10,12H,2-3,11H2,1H3,(H,18,19). The van der Waals surface area contributed by atoms with Gasteiger partial charge < -0.3 is 10.1 Å². The third kappa shape index (κ3) is 4.09. The second-order valence-electron chi connectivity index (χ2n) is 4.42. The molecule has 0 aliphatic heterocycles. The molecule has 4 heteroatoms. The van der Waals surface area contributed by atoms with E-state index >= 15 is 0 Å². The van der Waals surface area contributed by atoms with Crippen LogP contribution < -0.4 is 10.1 Å². The van der Waals surface area contributed by atoms with Crippen molar-refractivity contribution in [1.82, 2.24) is 4.98 Å². The fourth-order valence-electron chi connectivity index (χ4n) is 1.67. The maximum atomic E-state index is 11.9. The van der Waals surface area contributed by atoms with Crippen LogP contribution in [0.1, 0.15) is 30.1 Å². The van der Waals surface area contributed by atoms with Crippen LogP contribution in [0.15, 0.2) is 48.8 Å². The maximum absolute atomic E-state index is 11.9. The first-order valence-corrected chi connectivity index (χ1v) is 6.74. The molecule has 1 amide bonds. The van der Waals surface area contributed by atoms with Gasteiger partial charge in [0.1, 0.15) is 5.75 Å². The van der Waals surface area contributed by atoms with E-state index in [0.717, 1.165) is 30.9 Å². The number of ether oxygens (including phenoxy) is 1. The Kier molecular flexibility index (Phi) is 5.12. The number of nitrogens with one attached hydrogen (secondary N) is 1. The molecule has 0 fully saturated rings. The Morgan fingerprint density at radius 3 is 2.70 bits per heavy atom. The minimum atomic E-state index is -0.169.